The Bertz CT molecular complexity index is 740. The highest BCUT2D eigenvalue weighted by Crippen LogP contribution is 2.27. The highest BCUT2D eigenvalue weighted by atomic mass is 35.5. The molecule has 1 N–H and O–H groups in total. The zero-order valence-electron chi connectivity index (χ0n) is 14.3. The number of rotatable bonds is 2. The number of hydrogen-bond acceptors (Lipinski definition) is 5. The van der Waals surface area contributed by atoms with E-state index in [2.05, 4.69) is 27.6 Å². The first-order valence-electron chi connectivity index (χ1n) is 8.60. The number of fused-ring (bicyclic) bond motifs is 1. The fourth-order valence-electron chi connectivity index (χ4n) is 3.69. The van der Waals surface area contributed by atoms with Gasteiger partial charge in [-0.1, -0.05) is 29.4 Å². The second kappa shape index (κ2) is 7.54. The van der Waals surface area contributed by atoms with Crippen LogP contribution in [0.5, 0.6) is 0 Å². The van der Waals surface area contributed by atoms with Gasteiger partial charge < -0.3 is 14.7 Å². The third kappa shape index (κ3) is 3.70. The average Bonchev–Trinajstić information content (AvgIpc) is 3.07. The maximum atomic E-state index is 12.8. The quantitative estimate of drug-likeness (QED) is 0.887. The summed E-state index contributed by atoms with van der Waals surface area (Å²) in [6.07, 6.45) is 2.57. The Hall–Kier alpha value is -1.92. The molecule has 7 heteroatoms. The summed E-state index contributed by atoms with van der Waals surface area (Å²) in [5.41, 5.74) is 2.58. The Morgan fingerprint density at radius 2 is 1.96 bits per heavy atom. The van der Waals surface area contributed by atoms with E-state index in [4.69, 9.17) is 4.52 Å². The third-order valence-corrected chi connectivity index (χ3v) is 5.09. The number of halogens is 1. The smallest absolute Gasteiger partial charge is 0.240 e. The van der Waals surface area contributed by atoms with Gasteiger partial charge in [0.15, 0.2) is 5.82 Å². The van der Waals surface area contributed by atoms with Gasteiger partial charge in [0.25, 0.3) is 0 Å². The first kappa shape index (κ1) is 17.9. The summed E-state index contributed by atoms with van der Waals surface area (Å²) in [5.74, 6) is 1.90. The van der Waals surface area contributed by atoms with Gasteiger partial charge in [-0.15, -0.1) is 12.4 Å². The molecule has 0 radical (unpaired) electrons. The lowest BCUT2D eigenvalue weighted by Gasteiger charge is -2.35. The van der Waals surface area contributed by atoms with E-state index in [0.29, 0.717) is 11.8 Å². The Balaban J connectivity index is 0.00000182. The minimum atomic E-state index is -0.108. The van der Waals surface area contributed by atoms with Gasteiger partial charge in [0.1, 0.15) is 0 Å². The summed E-state index contributed by atoms with van der Waals surface area (Å²) in [5, 5.41) is 7.41. The Morgan fingerprint density at radius 1 is 1.24 bits per heavy atom. The maximum absolute atomic E-state index is 12.8. The first-order chi connectivity index (χ1) is 11.7. The standard InChI is InChI=1S/C18H22N4O2.ClH/c1-12-20-17(21-24-12)13-6-8-22(9-7-13)18(23)16-10-14-4-2-3-5-15(14)11-19-16;/h2-5,13,16,19H,6-11H2,1H3;1H. The SMILES string of the molecule is Cc1nc(C2CCN(C(=O)C3Cc4ccccc4CN3)CC2)no1.Cl. The van der Waals surface area contributed by atoms with Gasteiger partial charge in [-0.2, -0.15) is 4.98 Å². The minimum Gasteiger partial charge on any atom is -0.341 e. The van der Waals surface area contributed by atoms with Crippen LogP contribution in [0.25, 0.3) is 0 Å². The van der Waals surface area contributed by atoms with Crippen LogP contribution >= 0.6 is 12.4 Å². The van der Waals surface area contributed by atoms with Crippen LogP contribution in [-0.4, -0.2) is 40.1 Å². The minimum absolute atomic E-state index is 0. The maximum Gasteiger partial charge on any atom is 0.240 e. The molecule has 1 amide bonds. The number of nitrogens with zero attached hydrogens (tertiary/aromatic N) is 3. The van der Waals surface area contributed by atoms with E-state index >= 15 is 0 Å². The number of likely N-dealkylation sites (tertiary alicyclic amines) is 1. The lowest BCUT2D eigenvalue weighted by Crippen LogP contribution is -2.51. The molecule has 3 heterocycles. The molecule has 1 aromatic carbocycles. The molecule has 0 spiro atoms. The Labute approximate surface area is 153 Å². The fourth-order valence-corrected chi connectivity index (χ4v) is 3.69. The van der Waals surface area contributed by atoms with E-state index in [9.17, 15) is 4.79 Å². The van der Waals surface area contributed by atoms with Gasteiger partial charge >= 0.3 is 0 Å². The van der Waals surface area contributed by atoms with E-state index in [1.807, 2.05) is 24.0 Å². The molecular formula is C18H23ClN4O2. The lowest BCUT2D eigenvalue weighted by molar-refractivity contribution is -0.134. The van der Waals surface area contributed by atoms with Crippen LogP contribution in [0, 0.1) is 6.92 Å². The summed E-state index contributed by atoms with van der Waals surface area (Å²) >= 11 is 0. The van der Waals surface area contributed by atoms with E-state index in [1.54, 1.807) is 0 Å². The van der Waals surface area contributed by atoms with Crippen molar-refractivity contribution in [1.29, 1.82) is 0 Å². The summed E-state index contributed by atoms with van der Waals surface area (Å²) in [4.78, 5) is 19.1. The molecular weight excluding hydrogens is 340 g/mol. The predicted octanol–water partition coefficient (Wildman–Crippen LogP) is 2.22. The van der Waals surface area contributed by atoms with Gasteiger partial charge in [-0.25, -0.2) is 0 Å². The number of amides is 1. The molecule has 1 aromatic heterocycles. The van der Waals surface area contributed by atoms with Gasteiger partial charge in [0.05, 0.1) is 6.04 Å². The predicted molar refractivity (Wildman–Crippen MR) is 95.6 cm³/mol. The fraction of sp³-hybridized carbons (Fsp3) is 0.500. The summed E-state index contributed by atoms with van der Waals surface area (Å²) in [7, 11) is 0. The van der Waals surface area contributed by atoms with Crippen LogP contribution in [0.3, 0.4) is 0 Å². The highest BCUT2D eigenvalue weighted by Gasteiger charge is 2.31. The molecule has 25 heavy (non-hydrogen) atoms. The van der Waals surface area contributed by atoms with Crippen LogP contribution in [0.15, 0.2) is 28.8 Å². The number of benzene rings is 1. The lowest BCUT2D eigenvalue weighted by atomic mass is 9.93. The number of aromatic nitrogens is 2. The van der Waals surface area contributed by atoms with E-state index in [-0.39, 0.29) is 24.4 Å². The molecule has 1 saturated heterocycles. The number of nitrogens with one attached hydrogen (secondary N) is 1. The van der Waals surface area contributed by atoms with E-state index in [1.165, 1.54) is 11.1 Å². The largest absolute Gasteiger partial charge is 0.341 e. The first-order valence-corrected chi connectivity index (χ1v) is 8.60. The number of piperidine rings is 1. The monoisotopic (exact) mass is 362 g/mol. The van der Waals surface area contributed by atoms with Crippen LogP contribution in [0.4, 0.5) is 0 Å². The number of carbonyl (C=O) groups is 1. The highest BCUT2D eigenvalue weighted by molar-refractivity contribution is 5.85. The van der Waals surface area contributed by atoms with Gasteiger partial charge in [-0.05, 0) is 30.4 Å². The molecule has 0 bridgehead atoms. The van der Waals surface area contributed by atoms with Crippen LogP contribution in [0.2, 0.25) is 0 Å². The van der Waals surface area contributed by atoms with Crippen molar-refractivity contribution >= 4 is 18.3 Å². The van der Waals surface area contributed by atoms with Crippen molar-refractivity contribution in [2.24, 2.45) is 0 Å². The molecule has 4 rings (SSSR count). The second-order valence-electron chi connectivity index (χ2n) is 6.68. The molecule has 2 aromatic rings. The van der Waals surface area contributed by atoms with Crippen molar-refractivity contribution in [3.63, 3.8) is 0 Å². The van der Waals surface area contributed by atoms with Crippen molar-refractivity contribution in [2.45, 2.75) is 44.7 Å². The van der Waals surface area contributed by atoms with Crippen molar-refractivity contribution in [2.75, 3.05) is 13.1 Å². The van der Waals surface area contributed by atoms with Crippen LogP contribution in [-0.2, 0) is 17.8 Å². The van der Waals surface area contributed by atoms with Crippen LogP contribution in [0.1, 0.15) is 41.6 Å². The molecule has 0 aliphatic carbocycles. The number of aryl methyl sites for hydroxylation is 1. The zero-order chi connectivity index (χ0) is 16.5. The van der Waals surface area contributed by atoms with Crippen molar-refractivity contribution in [3.05, 3.63) is 47.1 Å². The normalized spacial score (nSPS) is 20.7. The Kier molecular flexibility index (Phi) is 5.39. The average molecular weight is 363 g/mol. The topological polar surface area (TPSA) is 71.3 Å². The van der Waals surface area contributed by atoms with Gasteiger partial charge in [0.2, 0.25) is 11.8 Å². The van der Waals surface area contributed by atoms with Gasteiger partial charge in [-0.3, -0.25) is 4.79 Å². The van der Waals surface area contributed by atoms with Crippen molar-refractivity contribution in [1.82, 2.24) is 20.4 Å². The molecule has 1 unspecified atom stereocenters. The number of carbonyl (C=O) groups excluding carboxylic acids is 1. The Morgan fingerprint density at radius 3 is 2.64 bits per heavy atom. The zero-order valence-corrected chi connectivity index (χ0v) is 15.1. The molecule has 1 fully saturated rings. The van der Waals surface area contributed by atoms with Crippen molar-refractivity contribution < 1.29 is 9.32 Å². The van der Waals surface area contributed by atoms with Crippen LogP contribution < -0.4 is 5.32 Å². The van der Waals surface area contributed by atoms with E-state index < -0.39 is 0 Å². The molecule has 6 nitrogen and oxygen atoms in total. The molecule has 2 aliphatic rings. The second-order valence-corrected chi connectivity index (χ2v) is 6.68. The molecule has 0 saturated carbocycles. The number of hydrogen-bond donors (Lipinski definition) is 1. The van der Waals surface area contributed by atoms with Crippen molar-refractivity contribution in [3.8, 4) is 0 Å². The molecule has 1 atom stereocenters. The summed E-state index contributed by atoms with van der Waals surface area (Å²) < 4.78 is 5.07. The molecule has 2 aliphatic heterocycles. The summed E-state index contributed by atoms with van der Waals surface area (Å²) in [6.45, 7) is 4.10. The van der Waals surface area contributed by atoms with Gasteiger partial charge in [0, 0.05) is 32.5 Å². The van der Waals surface area contributed by atoms with E-state index in [0.717, 1.165) is 44.7 Å². The third-order valence-electron chi connectivity index (χ3n) is 5.09. The summed E-state index contributed by atoms with van der Waals surface area (Å²) in [6, 6.07) is 8.24. The molecule has 134 valence electrons.